The van der Waals surface area contributed by atoms with Gasteiger partial charge in [0.15, 0.2) is 5.82 Å². The Labute approximate surface area is 76.4 Å². The average Bonchev–Trinajstić information content (AvgIpc) is 2.56. The highest BCUT2D eigenvalue weighted by atomic mass is 15.1. The third kappa shape index (κ3) is 0.971. The van der Waals surface area contributed by atoms with Crippen LogP contribution in [0.25, 0.3) is 11.0 Å². The van der Waals surface area contributed by atoms with Crippen molar-refractivity contribution in [2.75, 3.05) is 6.54 Å². The Morgan fingerprint density at radius 1 is 1.31 bits per heavy atom. The predicted octanol–water partition coefficient (Wildman–Crippen LogP) is 0.113. The summed E-state index contributed by atoms with van der Waals surface area (Å²) in [6, 6.07) is 8.36. The lowest BCUT2D eigenvalue weighted by atomic mass is 10.3. The SMILES string of the molecule is c1ccc2c(c1)nc1n2CC[NH2+]C1. The predicted molar refractivity (Wildman–Crippen MR) is 50.2 cm³/mol. The minimum Gasteiger partial charge on any atom is -0.338 e. The van der Waals surface area contributed by atoms with Gasteiger partial charge in [-0.15, -0.1) is 0 Å². The minimum absolute atomic E-state index is 1.02. The first-order chi connectivity index (χ1) is 6.45. The van der Waals surface area contributed by atoms with E-state index in [0.29, 0.717) is 0 Å². The van der Waals surface area contributed by atoms with Crippen molar-refractivity contribution >= 4 is 11.0 Å². The lowest BCUT2D eigenvalue weighted by molar-refractivity contribution is -0.677. The van der Waals surface area contributed by atoms with Gasteiger partial charge < -0.3 is 9.88 Å². The van der Waals surface area contributed by atoms with Gasteiger partial charge in [0.25, 0.3) is 0 Å². The van der Waals surface area contributed by atoms with Crippen molar-refractivity contribution in [3.05, 3.63) is 30.1 Å². The summed E-state index contributed by atoms with van der Waals surface area (Å²) in [6.07, 6.45) is 0. The highest BCUT2D eigenvalue weighted by molar-refractivity contribution is 5.75. The largest absolute Gasteiger partial charge is 0.338 e. The number of imidazole rings is 1. The van der Waals surface area contributed by atoms with Crippen molar-refractivity contribution < 1.29 is 5.32 Å². The Morgan fingerprint density at radius 2 is 2.23 bits per heavy atom. The Balaban J connectivity index is 2.34. The van der Waals surface area contributed by atoms with Crippen LogP contribution in [0.5, 0.6) is 0 Å². The number of rotatable bonds is 0. The molecule has 0 fully saturated rings. The summed E-state index contributed by atoms with van der Waals surface area (Å²) in [4.78, 5) is 4.58. The molecule has 13 heavy (non-hydrogen) atoms. The van der Waals surface area contributed by atoms with Gasteiger partial charge in [-0.1, -0.05) is 12.1 Å². The molecular formula is C10H12N3+. The fourth-order valence-electron chi connectivity index (χ4n) is 1.98. The van der Waals surface area contributed by atoms with Crippen LogP contribution in [0.15, 0.2) is 24.3 Å². The maximum Gasteiger partial charge on any atom is 0.165 e. The molecule has 1 aliphatic heterocycles. The number of hydrogen-bond acceptors (Lipinski definition) is 1. The molecule has 1 aromatic carbocycles. The molecule has 0 atom stereocenters. The fourth-order valence-corrected chi connectivity index (χ4v) is 1.98. The molecule has 3 heteroatoms. The van der Waals surface area contributed by atoms with Crippen LogP contribution < -0.4 is 5.32 Å². The van der Waals surface area contributed by atoms with Crippen molar-refractivity contribution in [1.82, 2.24) is 9.55 Å². The first kappa shape index (κ1) is 7.09. The van der Waals surface area contributed by atoms with E-state index in [0.717, 1.165) is 18.6 Å². The second kappa shape index (κ2) is 2.57. The molecule has 0 spiro atoms. The normalized spacial score (nSPS) is 16.0. The number of para-hydroxylation sites is 2. The zero-order chi connectivity index (χ0) is 8.67. The van der Waals surface area contributed by atoms with E-state index in [2.05, 4.69) is 33.1 Å². The molecule has 3 rings (SSSR count). The van der Waals surface area contributed by atoms with Gasteiger partial charge in [0.1, 0.15) is 6.54 Å². The fraction of sp³-hybridized carbons (Fsp3) is 0.300. The maximum atomic E-state index is 4.58. The van der Waals surface area contributed by atoms with E-state index < -0.39 is 0 Å². The van der Waals surface area contributed by atoms with E-state index in [9.17, 15) is 0 Å². The molecule has 1 aromatic heterocycles. The van der Waals surface area contributed by atoms with Gasteiger partial charge in [-0.2, -0.15) is 0 Å². The lowest BCUT2D eigenvalue weighted by Crippen LogP contribution is -2.85. The molecule has 2 aromatic rings. The minimum atomic E-state index is 1.02. The highest BCUT2D eigenvalue weighted by Crippen LogP contribution is 2.15. The van der Waals surface area contributed by atoms with Crippen molar-refractivity contribution in [3.8, 4) is 0 Å². The van der Waals surface area contributed by atoms with Gasteiger partial charge in [-0.3, -0.25) is 0 Å². The first-order valence-corrected chi connectivity index (χ1v) is 4.71. The molecule has 2 heterocycles. The number of benzene rings is 1. The molecule has 0 saturated heterocycles. The smallest absolute Gasteiger partial charge is 0.165 e. The van der Waals surface area contributed by atoms with Gasteiger partial charge >= 0.3 is 0 Å². The van der Waals surface area contributed by atoms with E-state index in [1.165, 1.54) is 17.9 Å². The number of fused-ring (bicyclic) bond motifs is 3. The molecule has 66 valence electrons. The lowest BCUT2D eigenvalue weighted by Gasteiger charge is -2.12. The van der Waals surface area contributed by atoms with Crippen LogP contribution in [0.3, 0.4) is 0 Å². The molecule has 0 unspecified atom stereocenters. The molecular weight excluding hydrogens is 162 g/mol. The number of hydrogen-bond donors (Lipinski definition) is 1. The van der Waals surface area contributed by atoms with Crippen molar-refractivity contribution in [1.29, 1.82) is 0 Å². The average molecular weight is 174 g/mol. The third-order valence-electron chi connectivity index (χ3n) is 2.62. The quantitative estimate of drug-likeness (QED) is 0.604. The van der Waals surface area contributed by atoms with Gasteiger partial charge in [0, 0.05) is 0 Å². The van der Waals surface area contributed by atoms with E-state index in [1.54, 1.807) is 0 Å². The van der Waals surface area contributed by atoms with Crippen LogP contribution in [0, 0.1) is 0 Å². The van der Waals surface area contributed by atoms with Gasteiger partial charge in [0.2, 0.25) is 0 Å². The number of nitrogens with zero attached hydrogens (tertiary/aromatic N) is 2. The molecule has 0 amide bonds. The van der Waals surface area contributed by atoms with Crippen molar-refractivity contribution in [2.45, 2.75) is 13.1 Å². The number of quaternary nitrogens is 1. The molecule has 3 nitrogen and oxygen atoms in total. The van der Waals surface area contributed by atoms with Crippen molar-refractivity contribution in [2.24, 2.45) is 0 Å². The summed E-state index contributed by atoms with van der Waals surface area (Å²) in [7, 11) is 0. The van der Waals surface area contributed by atoms with Crippen LogP contribution in [-0.2, 0) is 13.1 Å². The molecule has 1 aliphatic rings. The molecule has 0 radical (unpaired) electrons. The summed E-state index contributed by atoms with van der Waals surface area (Å²) in [5.41, 5.74) is 2.42. The second-order valence-corrected chi connectivity index (χ2v) is 3.45. The zero-order valence-electron chi connectivity index (χ0n) is 7.40. The second-order valence-electron chi connectivity index (χ2n) is 3.45. The van der Waals surface area contributed by atoms with Crippen LogP contribution >= 0.6 is 0 Å². The summed E-state index contributed by atoms with van der Waals surface area (Å²) in [5, 5.41) is 2.31. The zero-order valence-corrected chi connectivity index (χ0v) is 7.40. The van der Waals surface area contributed by atoms with Gasteiger partial charge in [-0.05, 0) is 12.1 Å². The topological polar surface area (TPSA) is 34.4 Å². The molecule has 2 N–H and O–H groups in total. The Bertz CT molecular complexity index is 444. The Morgan fingerprint density at radius 3 is 3.23 bits per heavy atom. The van der Waals surface area contributed by atoms with Gasteiger partial charge in [0.05, 0.1) is 24.1 Å². The molecule has 0 aliphatic carbocycles. The summed E-state index contributed by atoms with van der Waals surface area (Å²) in [6.45, 7) is 3.29. The van der Waals surface area contributed by atoms with Crippen molar-refractivity contribution in [3.63, 3.8) is 0 Å². The highest BCUT2D eigenvalue weighted by Gasteiger charge is 2.15. The standard InChI is InChI=1S/C10H11N3/c1-2-4-9-8(3-1)12-10-7-11-5-6-13(9)10/h1-4,11H,5-7H2/p+1. The number of aromatic nitrogens is 2. The third-order valence-corrected chi connectivity index (χ3v) is 2.62. The Kier molecular flexibility index (Phi) is 1.40. The summed E-state index contributed by atoms with van der Waals surface area (Å²) >= 11 is 0. The van der Waals surface area contributed by atoms with Crippen LogP contribution in [-0.4, -0.2) is 16.1 Å². The van der Waals surface area contributed by atoms with Gasteiger partial charge in [-0.25, -0.2) is 4.98 Å². The van der Waals surface area contributed by atoms with E-state index >= 15 is 0 Å². The van der Waals surface area contributed by atoms with E-state index in [4.69, 9.17) is 0 Å². The van der Waals surface area contributed by atoms with Crippen LogP contribution in [0.1, 0.15) is 5.82 Å². The Hall–Kier alpha value is -1.35. The van der Waals surface area contributed by atoms with Crippen LogP contribution in [0.2, 0.25) is 0 Å². The van der Waals surface area contributed by atoms with E-state index in [-0.39, 0.29) is 0 Å². The summed E-state index contributed by atoms with van der Waals surface area (Å²) in [5.74, 6) is 1.22. The van der Waals surface area contributed by atoms with Crippen LogP contribution in [0.4, 0.5) is 0 Å². The molecule has 0 bridgehead atoms. The molecule has 0 saturated carbocycles. The first-order valence-electron chi connectivity index (χ1n) is 4.71. The maximum absolute atomic E-state index is 4.58. The summed E-state index contributed by atoms with van der Waals surface area (Å²) < 4.78 is 2.33. The monoisotopic (exact) mass is 174 g/mol. The van der Waals surface area contributed by atoms with E-state index in [1.807, 2.05) is 6.07 Å². The number of nitrogens with two attached hydrogens (primary N) is 1.